The molecule has 1 aromatic rings. The van der Waals surface area contributed by atoms with Gasteiger partial charge in [0, 0.05) is 19.2 Å². The Labute approximate surface area is 102 Å². The van der Waals surface area contributed by atoms with Crippen molar-refractivity contribution in [3.05, 3.63) is 28.8 Å². The second-order valence-corrected chi connectivity index (χ2v) is 4.02. The van der Waals surface area contributed by atoms with E-state index in [0.717, 1.165) is 17.9 Å². The summed E-state index contributed by atoms with van der Waals surface area (Å²) in [7, 11) is 3.55. The summed E-state index contributed by atoms with van der Waals surface area (Å²) in [5, 5.41) is 3.72. The third-order valence-corrected chi connectivity index (χ3v) is 2.58. The molecule has 1 aromatic carbocycles. The quantitative estimate of drug-likeness (QED) is 0.833. The summed E-state index contributed by atoms with van der Waals surface area (Å²) in [5.41, 5.74) is 1.05. The summed E-state index contributed by atoms with van der Waals surface area (Å²) in [5.74, 6) is 0.738. The van der Waals surface area contributed by atoms with Gasteiger partial charge in [-0.05, 0) is 20.0 Å². The van der Waals surface area contributed by atoms with Gasteiger partial charge in [-0.2, -0.15) is 0 Å². The summed E-state index contributed by atoms with van der Waals surface area (Å²) in [6.07, 6.45) is 0.0544. The second kappa shape index (κ2) is 6.74. The van der Waals surface area contributed by atoms with Crippen LogP contribution in [0.4, 0.5) is 0 Å². The van der Waals surface area contributed by atoms with Gasteiger partial charge < -0.3 is 14.8 Å². The number of benzene rings is 1. The molecule has 0 spiro atoms. The maximum atomic E-state index is 6.10. The molecular weight excluding hydrogens is 226 g/mol. The molecule has 0 radical (unpaired) electrons. The lowest BCUT2D eigenvalue weighted by atomic mass is 10.2. The fourth-order valence-electron chi connectivity index (χ4n) is 1.31. The van der Waals surface area contributed by atoms with Crippen molar-refractivity contribution in [3.8, 4) is 5.75 Å². The third kappa shape index (κ3) is 3.67. The largest absolute Gasteiger partial charge is 0.489 e. The maximum absolute atomic E-state index is 6.10. The lowest BCUT2D eigenvalue weighted by Crippen LogP contribution is -2.17. The molecule has 16 heavy (non-hydrogen) atoms. The SMILES string of the molecule is CNCc1cccc(Cl)c1OCC(C)OC. The molecule has 1 unspecified atom stereocenters. The van der Waals surface area contributed by atoms with Gasteiger partial charge in [-0.1, -0.05) is 23.7 Å². The van der Waals surface area contributed by atoms with E-state index < -0.39 is 0 Å². The Morgan fingerprint density at radius 2 is 2.19 bits per heavy atom. The minimum Gasteiger partial charge on any atom is -0.489 e. The molecule has 1 rings (SSSR count). The zero-order chi connectivity index (χ0) is 12.0. The van der Waals surface area contributed by atoms with Crippen molar-refractivity contribution in [3.63, 3.8) is 0 Å². The summed E-state index contributed by atoms with van der Waals surface area (Å²) in [6.45, 7) is 3.18. The molecule has 0 aliphatic heterocycles. The van der Waals surface area contributed by atoms with E-state index in [2.05, 4.69) is 5.32 Å². The third-order valence-electron chi connectivity index (χ3n) is 2.28. The molecule has 0 aromatic heterocycles. The predicted molar refractivity (Wildman–Crippen MR) is 66.2 cm³/mol. The molecule has 0 heterocycles. The minimum absolute atomic E-state index is 0.0544. The summed E-state index contributed by atoms with van der Waals surface area (Å²) >= 11 is 6.10. The number of methoxy groups -OCH3 is 1. The zero-order valence-corrected chi connectivity index (χ0v) is 10.7. The molecule has 0 amide bonds. The van der Waals surface area contributed by atoms with Gasteiger partial charge in [0.1, 0.15) is 12.4 Å². The van der Waals surface area contributed by atoms with Crippen LogP contribution in [0.25, 0.3) is 0 Å². The van der Waals surface area contributed by atoms with Crippen LogP contribution in [0, 0.1) is 0 Å². The van der Waals surface area contributed by atoms with Crippen LogP contribution >= 0.6 is 11.6 Å². The van der Waals surface area contributed by atoms with Crippen LogP contribution in [0.1, 0.15) is 12.5 Å². The van der Waals surface area contributed by atoms with Crippen LogP contribution < -0.4 is 10.1 Å². The van der Waals surface area contributed by atoms with Gasteiger partial charge in [0.25, 0.3) is 0 Å². The fraction of sp³-hybridized carbons (Fsp3) is 0.500. The van der Waals surface area contributed by atoms with Crippen molar-refractivity contribution in [2.45, 2.75) is 19.6 Å². The number of halogens is 1. The molecule has 1 N–H and O–H groups in total. The van der Waals surface area contributed by atoms with E-state index in [1.165, 1.54) is 0 Å². The van der Waals surface area contributed by atoms with Crippen LogP contribution in [-0.2, 0) is 11.3 Å². The second-order valence-electron chi connectivity index (χ2n) is 3.62. The van der Waals surface area contributed by atoms with Crippen molar-refractivity contribution in [2.75, 3.05) is 20.8 Å². The average Bonchev–Trinajstić information content (AvgIpc) is 2.28. The van der Waals surface area contributed by atoms with Gasteiger partial charge in [0.05, 0.1) is 11.1 Å². The molecule has 0 saturated carbocycles. The van der Waals surface area contributed by atoms with Gasteiger partial charge in [-0.25, -0.2) is 0 Å². The molecule has 0 fully saturated rings. The lowest BCUT2D eigenvalue weighted by molar-refractivity contribution is 0.0713. The van der Waals surface area contributed by atoms with Crippen LogP contribution in [0.3, 0.4) is 0 Å². The fourth-order valence-corrected chi connectivity index (χ4v) is 1.56. The maximum Gasteiger partial charge on any atom is 0.142 e. The Morgan fingerprint density at radius 1 is 1.44 bits per heavy atom. The van der Waals surface area contributed by atoms with Crippen molar-refractivity contribution in [2.24, 2.45) is 0 Å². The molecule has 0 bridgehead atoms. The number of hydrogen-bond donors (Lipinski definition) is 1. The van der Waals surface area contributed by atoms with Gasteiger partial charge in [-0.3, -0.25) is 0 Å². The number of para-hydroxylation sites is 1. The Balaban J connectivity index is 2.75. The standard InChI is InChI=1S/C12H18ClNO2/c1-9(15-3)8-16-12-10(7-14-2)5-4-6-11(12)13/h4-6,9,14H,7-8H2,1-3H3. The van der Waals surface area contributed by atoms with Gasteiger partial charge in [-0.15, -0.1) is 0 Å². The predicted octanol–water partition coefficient (Wildman–Crippen LogP) is 2.47. The number of rotatable bonds is 6. The molecule has 0 aliphatic carbocycles. The van der Waals surface area contributed by atoms with E-state index in [1.807, 2.05) is 32.2 Å². The first-order valence-electron chi connectivity index (χ1n) is 5.26. The van der Waals surface area contributed by atoms with Crippen molar-refractivity contribution in [1.82, 2.24) is 5.32 Å². The van der Waals surface area contributed by atoms with E-state index in [0.29, 0.717) is 11.6 Å². The van der Waals surface area contributed by atoms with Gasteiger partial charge in [0.15, 0.2) is 0 Å². The molecular formula is C12H18ClNO2. The van der Waals surface area contributed by atoms with Crippen LogP contribution in [-0.4, -0.2) is 26.9 Å². The first-order chi connectivity index (χ1) is 7.69. The molecule has 1 atom stereocenters. The Hall–Kier alpha value is -0.770. The van der Waals surface area contributed by atoms with E-state index in [-0.39, 0.29) is 6.10 Å². The summed E-state index contributed by atoms with van der Waals surface area (Å²) in [6, 6.07) is 5.74. The molecule has 4 heteroatoms. The average molecular weight is 244 g/mol. The first-order valence-corrected chi connectivity index (χ1v) is 5.64. The smallest absolute Gasteiger partial charge is 0.142 e. The monoisotopic (exact) mass is 243 g/mol. The highest BCUT2D eigenvalue weighted by Gasteiger charge is 2.09. The van der Waals surface area contributed by atoms with E-state index in [4.69, 9.17) is 21.1 Å². The van der Waals surface area contributed by atoms with E-state index in [9.17, 15) is 0 Å². The zero-order valence-electron chi connectivity index (χ0n) is 9.92. The molecule has 0 saturated heterocycles. The van der Waals surface area contributed by atoms with Crippen molar-refractivity contribution < 1.29 is 9.47 Å². The highest BCUT2D eigenvalue weighted by molar-refractivity contribution is 6.32. The van der Waals surface area contributed by atoms with Crippen LogP contribution in [0.15, 0.2) is 18.2 Å². The van der Waals surface area contributed by atoms with Crippen molar-refractivity contribution >= 4 is 11.6 Å². The van der Waals surface area contributed by atoms with Crippen molar-refractivity contribution in [1.29, 1.82) is 0 Å². The van der Waals surface area contributed by atoms with E-state index >= 15 is 0 Å². The Bertz CT molecular complexity index is 331. The normalized spacial score (nSPS) is 12.5. The molecule has 0 aliphatic rings. The summed E-state index contributed by atoms with van der Waals surface area (Å²) < 4.78 is 10.8. The minimum atomic E-state index is 0.0544. The lowest BCUT2D eigenvalue weighted by Gasteiger charge is -2.15. The highest BCUT2D eigenvalue weighted by Crippen LogP contribution is 2.28. The number of hydrogen-bond acceptors (Lipinski definition) is 3. The first kappa shape index (κ1) is 13.3. The van der Waals surface area contributed by atoms with Crippen LogP contribution in [0.5, 0.6) is 5.75 Å². The van der Waals surface area contributed by atoms with Gasteiger partial charge >= 0.3 is 0 Å². The highest BCUT2D eigenvalue weighted by atomic mass is 35.5. The summed E-state index contributed by atoms with van der Waals surface area (Å²) in [4.78, 5) is 0. The molecule has 90 valence electrons. The molecule has 3 nitrogen and oxygen atoms in total. The van der Waals surface area contributed by atoms with Gasteiger partial charge in [0.2, 0.25) is 0 Å². The Morgan fingerprint density at radius 3 is 2.81 bits per heavy atom. The van der Waals surface area contributed by atoms with Crippen LogP contribution in [0.2, 0.25) is 5.02 Å². The Kier molecular flexibility index (Phi) is 5.60. The number of ether oxygens (including phenoxy) is 2. The van der Waals surface area contributed by atoms with E-state index in [1.54, 1.807) is 7.11 Å². The number of nitrogens with one attached hydrogen (secondary N) is 1. The topological polar surface area (TPSA) is 30.5 Å².